The van der Waals surface area contributed by atoms with Crippen LogP contribution in [0.4, 0.5) is 0 Å². The first kappa shape index (κ1) is 14.8. The Labute approximate surface area is 132 Å². The van der Waals surface area contributed by atoms with E-state index in [9.17, 15) is 4.79 Å². The molecule has 0 bridgehead atoms. The summed E-state index contributed by atoms with van der Waals surface area (Å²) in [4.78, 5) is 11.8. The quantitative estimate of drug-likeness (QED) is 0.723. The van der Waals surface area contributed by atoms with Crippen LogP contribution in [0.15, 0.2) is 36.4 Å². The van der Waals surface area contributed by atoms with E-state index in [0.29, 0.717) is 0 Å². The highest BCUT2D eigenvalue weighted by Crippen LogP contribution is 2.45. The molecule has 0 saturated heterocycles. The van der Waals surface area contributed by atoms with E-state index in [-0.39, 0.29) is 5.92 Å². The molecule has 0 spiro atoms. The second-order valence-electron chi connectivity index (χ2n) is 5.93. The fourth-order valence-electron chi connectivity index (χ4n) is 3.28. The summed E-state index contributed by atoms with van der Waals surface area (Å²) in [5.74, 6) is 1.50. The second kappa shape index (κ2) is 6.35. The van der Waals surface area contributed by atoms with Crippen LogP contribution in [0, 0.1) is 0 Å². The molecular weight excluding hydrogens is 272 g/mol. The lowest BCUT2D eigenvalue weighted by molar-refractivity contribution is -0.108. The van der Waals surface area contributed by atoms with Gasteiger partial charge >= 0.3 is 0 Å². The molecule has 1 heterocycles. The third-order valence-corrected chi connectivity index (χ3v) is 4.25. The maximum atomic E-state index is 11.8. The van der Waals surface area contributed by atoms with Gasteiger partial charge in [0.25, 0.3) is 0 Å². The molecule has 0 saturated carbocycles. The fourth-order valence-corrected chi connectivity index (χ4v) is 3.28. The Kier molecular flexibility index (Phi) is 4.28. The van der Waals surface area contributed by atoms with Crippen LogP contribution >= 0.6 is 0 Å². The van der Waals surface area contributed by atoms with E-state index in [1.807, 2.05) is 24.3 Å². The highest BCUT2D eigenvalue weighted by molar-refractivity contribution is 5.75. The molecule has 0 fully saturated rings. The first-order valence-electron chi connectivity index (χ1n) is 8.16. The van der Waals surface area contributed by atoms with E-state index in [4.69, 9.17) is 4.74 Å². The molecule has 114 valence electrons. The Morgan fingerprint density at radius 3 is 2.55 bits per heavy atom. The SMILES string of the molecule is CCCc1cc(CCC)c2c(c1)C(C=O)c1ccccc1O2. The minimum absolute atomic E-state index is 0.215. The van der Waals surface area contributed by atoms with Crippen LogP contribution < -0.4 is 4.74 Å². The zero-order valence-corrected chi connectivity index (χ0v) is 13.3. The van der Waals surface area contributed by atoms with Crippen molar-refractivity contribution < 1.29 is 9.53 Å². The monoisotopic (exact) mass is 294 g/mol. The lowest BCUT2D eigenvalue weighted by Gasteiger charge is -2.27. The maximum Gasteiger partial charge on any atom is 0.134 e. The number of rotatable bonds is 5. The molecule has 1 aliphatic heterocycles. The summed E-state index contributed by atoms with van der Waals surface area (Å²) in [5, 5.41) is 0. The summed E-state index contributed by atoms with van der Waals surface area (Å²) >= 11 is 0. The van der Waals surface area contributed by atoms with E-state index in [1.165, 1.54) is 11.1 Å². The van der Waals surface area contributed by atoms with Gasteiger partial charge in [0, 0.05) is 11.1 Å². The molecule has 3 rings (SSSR count). The second-order valence-corrected chi connectivity index (χ2v) is 5.93. The van der Waals surface area contributed by atoms with E-state index in [1.54, 1.807) is 0 Å². The normalized spacial score (nSPS) is 15.6. The number of hydrogen-bond acceptors (Lipinski definition) is 2. The van der Waals surface area contributed by atoms with E-state index in [0.717, 1.165) is 54.6 Å². The number of aryl methyl sites for hydroxylation is 2. The van der Waals surface area contributed by atoms with Crippen LogP contribution in [0.1, 0.15) is 54.9 Å². The lowest BCUT2D eigenvalue weighted by atomic mass is 9.85. The zero-order valence-electron chi connectivity index (χ0n) is 13.3. The zero-order chi connectivity index (χ0) is 15.5. The average Bonchev–Trinajstić information content (AvgIpc) is 2.53. The van der Waals surface area contributed by atoms with Gasteiger partial charge in [0.05, 0.1) is 5.92 Å². The first-order chi connectivity index (χ1) is 10.8. The van der Waals surface area contributed by atoms with Gasteiger partial charge in [-0.05, 0) is 30.0 Å². The van der Waals surface area contributed by atoms with Crippen molar-refractivity contribution in [3.8, 4) is 11.5 Å². The molecule has 1 atom stereocenters. The van der Waals surface area contributed by atoms with Crippen molar-refractivity contribution in [2.24, 2.45) is 0 Å². The molecule has 0 amide bonds. The Morgan fingerprint density at radius 2 is 1.82 bits per heavy atom. The molecule has 0 N–H and O–H groups in total. The van der Waals surface area contributed by atoms with Gasteiger partial charge in [-0.3, -0.25) is 0 Å². The Morgan fingerprint density at radius 1 is 1.05 bits per heavy atom. The fraction of sp³-hybridized carbons (Fsp3) is 0.350. The molecule has 2 nitrogen and oxygen atoms in total. The number of carbonyl (C=O) groups is 1. The van der Waals surface area contributed by atoms with Gasteiger partial charge in [0.2, 0.25) is 0 Å². The molecule has 22 heavy (non-hydrogen) atoms. The first-order valence-corrected chi connectivity index (χ1v) is 8.16. The average molecular weight is 294 g/mol. The molecule has 2 heteroatoms. The summed E-state index contributed by atoms with van der Waals surface area (Å²) in [7, 11) is 0. The molecule has 1 aliphatic rings. The van der Waals surface area contributed by atoms with Crippen molar-refractivity contribution in [2.75, 3.05) is 0 Å². The Balaban J connectivity index is 2.17. The van der Waals surface area contributed by atoms with E-state index < -0.39 is 0 Å². The lowest BCUT2D eigenvalue weighted by Crippen LogP contribution is -2.13. The van der Waals surface area contributed by atoms with Gasteiger partial charge in [-0.15, -0.1) is 0 Å². The topological polar surface area (TPSA) is 26.3 Å². The van der Waals surface area contributed by atoms with Gasteiger partial charge in [-0.1, -0.05) is 57.0 Å². The highest BCUT2D eigenvalue weighted by Gasteiger charge is 2.28. The predicted octanol–water partition coefficient (Wildman–Crippen LogP) is 5.03. The van der Waals surface area contributed by atoms with Crippen LogP contribution in [0.5, 0.6) is 11.5 Å². The van der Waals surface area contributed by atoms with Crippen molar-refractivity contribution in [2.45, 2.75) is 45.4 Å². The predicted molar refractivity (Wildman–Crippen MR) is 88.9 cm³/mol. The van der Waals surface area contributed by atoms with Crippen LogP contribution in [0.2, 0.25) is 0 Å². The van der Waals surface area contributed by atoms with Crippen molar-refractivity contribution in [3.05, 3.63) is 58.7 Å². The number of ether oxygens (including phenoxy) is 1. The molecular formula is C20H22O2. The van der Waals surface area contributed by atoms with Crippen molar-refractivity contribution in [1.29, 1.82) is 0 Å². The summed E-state index contributed by atoms with van der Waals surface area (Å²) in [6.07, 6.45) is 5.24. The minimum atomic E-state index is -0.215. The van der Waals surface area contributed by atoms with Crippen molar-refractivity contribution >= 4 is 6.29 Å². The van der Waals surface area contributed by atoms with Gasteiger partial charge in [-0.2, -0.15) is 0 Å². The molecule has 2 aromatic carbocycles. The van der Waals surface area contributed by atoms with Gasteiger partial charge < -0.3 is 9.53 Å². The van der Waals surface area contributed by atoms with Crippen LogP contribution in [-0.2, 0) is 17.6 Å². The number of benzene rings is 2. The number of hydrogen-bond donors (Lipinski definition) is 0. The highest BCUT2D eigenvalue weighted by atomic mass is 16.5. The Hall–Kier alpha value is -2.09. The number of aldehydes is 1. The molecule has 0 aromatic heterocycles. The van der Waals surface area contributed by atoms with Crippen LogP contribution in [0.3, 0.4) is 0 Å². The van der Waals surface area contributed by atoms with Gasteiger partial charge in [0.15, 0.2) is 0 Å². The number of para-hydroxylation sites is 1. The van der Waals surface area contributed by atoms with E-state index >= 15 is 0 Å². The maximum absolute atomic E-state index is 11.8. The Bertz CT molecular complexity index is 688. The van der Waals surface area contributed by atoms with E-state index in [2.05, 4.69) is 26.0 Å². The molecule has 0 aliphatic carbocycles. The van der Waals surface area contributed by atoms with Gasteiger partial charge in [-0.25, -0.2) is 0 Å². The number of carbonyl (C=O) groups excluding carboxylic acids is 1. The summed E-state index contributed by atoms with van der Waals surface area (Å²) < 4.78 is 6.17. The summed E-state index contributed by atoms with van der Waals surface area (Å²) in [5.41, 5.74) is 4.54. The largest absolute Gasteiger partial charge is 0.456 e. The minimum Gasteiger partial charge on any atom is -0.456 e. The summed E-state index contributed by atoms with van der Waals surface area (Å²) in [6.45, 7) is 4.36. The standard InChI is InChI=1S/C20H22O2/c1-3-7-14-11-15(8-4-2)20-17(12-14)18(13-21)16-9-5-6-10-19(16)22-20/h5-6,9-13,18H,3-4,7-8H2,1-2H3. The van der Waals surface area contributed by atoms with Crippen molar-refractivity contribution in [3.63, 3.8) is 0 Å². The third kappa shape index (κ3) is 2.54. The smallest absolute Gasteiger partial charge is 0.134 e. The van der Waals surface area contributed by atoms with Crippen LogP contribution in [0.25, 0.3) is 0 Å². The van der Waals surface area contributed by atoms with Gasteiger partial charge in [0.1, 0.15) is 17.8 Å². The molecule has 1 unspecified atom stereocenters. The molecule has 0 radical (unpaired) electrons. The third-order valence-electron chi connectivity index (χ3n) is 4.25. The van der Waals surface area contributed by atoms with Crippen LogP contribution in [-0.4, -0.2) is 6.29 Å². The summed E-state index contributed by atoms with van der Waals surface area (Å²) in [6, 6.07) is 12.3. The number of fused-ring (bicyclic) bond motifs is 2. The molecule has 2 aromatic rings. The van der Waals surface area contributed by atoms with Crippen molar-refractivity contribution in [1.82, 2.24) is 0 Å².